The van der Waals surface area contributed by atoms with Crippen LogP contribution in [0.4, 0.5) is 0 Å². The van der Waals surface area contributed by atoms with Crippen molar-refractivity contribution in [2.24, 2.45) is 0 Å². The molecule has 2 nitrogen and oxygen atoms in total. The van der Waals surface area contributed by atoms with Gasteiger partial charge < -0.3 is 9.79 Å². The Morgan fingerprint density at radius 3 is 1.60 bits per heavy atom. The fourth-order valence-corrected chi connectivity index (χ4v) is 0.318. The molecule has 2 atom stereocenters. The standard InChI is InChI=1S/BH5O2P2/c2-4-1-5-3/h1-5H. The van der Waals surface area contributed by atoms with Crippen molar-refractivity contribution < 1.29 is 9.79 Å². The van der Waals surface area contributed by atoms with E-state index in [4.69, 9.17) is 9.79 Å². The molecule has 5 heteroatoms. The lowest BCUT2D eigenvalue weighted by Crippen LogP contribution is -1.58. The van der Waals surface area contributed by atoms with E-state index in [-0.39, 0.29) is 17.4 Å². The minimum atomic E-state index is -0.0799. The average molecular weight is 110 g/mol. The zero-order valence-corrected chi connectivity index (χ0v) is 4.60. The van der Waals surface area contributed by atoms with Crippen molar-refractivity contribution in [3.63, 3.8) is 0 Å². The van der Waals surface area contributed by atoms with Crippen LogP contribution in [0.1, 0.15) is 0 Å². The van der Waals surface area contributed by atoms with Crippen LogP contribution in [0.5, 0.6) is 0 Å². The first-order valence-corrected chi connectivity index (χ1v) is 3.46. The van der Waals surface area contributed by atoms with Crippen LogP contribution in [0.25, 0.3) is 0 Å². The van der Waals surface area contributed by atoms with E-state index in [0.29, 0.717) is 6.72 Å². The van der Waals surface area contributed by atoms with Gasteiger partial charge in [0, 0.05) is 0 Å². The minimum absolute atomic E-state index is 0.0799. The van der Waals surface area contributed by atoms with E-state index in [1.54, 1.807) is 0 Å². The smallest absolute Gasteiger partial charge is 0.241 e. The molecule has 0 rings (SSSR count). The summed E-state index contributed by atoms with van der Waals surface area (Å²) in [4.78, 5) is 15.9. The van der Waals surface area contributed by atoms with Gasteiger partial charge in [0.05, 0.1) is 0 Å². The van der Waals surface area contributed by atoms with E-state index in [1.807, 2.05) is 0 Å². The molecular formula is H5BO2P2. The molecule has 0 amide bonds. The molecule has 0 fully saturated rings. The highest BCUT2D eigenvalue weighted by molar-refractivity contribution is 7.97. The summed E-state index contributed by atoms with van der Waals surface area (Å²) in [7, 11) is -0.160. The van der Waals surface area contributed by atoms with Crippen molar-refractivity contribution in [2.45, 2.75) is 0 Å². The highest BCUT2D eigenvalue weighted by atomic mass is 31.1. The topological polar surface area (TPSA) is 40.5 Å². The summed E-state index contributed by atoms with van der Waals surface area (Å²) in [5.74, 6) is 0. The molecule has 5 heavy (non-hydrogen) atoms. The van der Waals surface area contributed by atoms with Crippen LogP contribution in [0, 0.1) is 0 Å². The maximum Gasteiger partial charge on any atom is 0.241 e. The van der Waals surface area contributed by atoms with Crippen LogP contribution >= 0.6 is 17.4 Å². The third-order valence-electron chi connectivity index (χ3n) is 0.158. The maximum absolute atomic E-state index is 7.94. The van der Waals surface area contributed by atoms with Gasteiger partial charge in [-0.15, -0.1) is 0 Å². The number of rotatable bonds is 2. The Kier molecular flexibility index (Phi) is 5.66. The van der Waals surface area contributed by atoms with E-state index in [2.05, 4.69) is 0 Å². The molecule has 2 unspecified atom stereocenters. The van der Waals surface area contributed by atoms with Gasteiger partial charge in [-0.25, -0.2) is 0 Å². The van der Waals surface area contributed by atoms with Crippen LogP contribution in [-0.4, -0.2) is 16.5 Å². The summed E-state index contributed by atoms with van der Waals surface area (Å²) in [5, 5.41) is 0. The van der Waals surface area contributed by atoms with Gasteiger partial charge in [0.2, 0.25) is 6.72 Å². The highest BCUT2D eigenvalue weighted by Gasteiger charge is 1.76. The molecule has 2 N–H and O–H groups in total. The summed E-state index contributed by atoms with van der Waals surface area (Å²) >= 11 is 0. The molecule has 0 radical (unpaired) electrons. The van der Waals surface area contributed by atoms with Crippen LogP contribution < -0.4 is 0 Å². The second kappa shape index (κ2) is 4.84. The van der Waals surface area contributed by atoms with Gasteiger partial charge in [-0.3, -0.25) is 0 Å². The second-order valence-corrected chi connectivity index (χ2v) is 2.54. The largest absolute Gasteiger partial charge is 0.386 e. The van der Waals surface area contributed by atoms with Crippen molar-refractivity contribution >= 4 is 24.1 Å². The van der Waals surface area contributed by atoms with Crippen molar-refractivity contribution in [1.29, 1.82) is 0 Å². The molecule has 0 aliphatic heterocycles. The molecule has 0 aliphatic rings. The molecule has 0 bridgehead atoms. The van der Waals surface area contributed by atoms with E-state index in [0.717, 1.165) is 0 Å². The summed E-state index contributed by atoms with van der Waals surface area (Å²) in [5.41, 5.74) is 0. The minimum Gasteiger partial charge on any atom is -0.386 e. The Hall–Kier alpha value is 0.845. The molecule has 0 aromatic heterocycles. The maximum atomic E-state index is 7.94. The average Bonchev–Trinajstić information content (AvgIpc) is 1.41. The molecule has 0 saturated heterocycles. The lowest BCUT2D eigenvalue weighted by molar-refractivity contribution is 0.654. The molecule has 0 saturated carbocycles. The van der Waals surface area contributed by atoms with Crippen LogP contribution in [0.2, 0.25) is 0 Å². The molecular weight excluding hydrogens is 105 g/mol. The van der Waals surface area contributed by atoms with Gasteiger partial charge >= 0.3 is 0 Å². The first-order valence-electron chi connectivity index (χ1n) is 1.15. The van der Waals surface area contributed by atoms with Gasteiger partial charge in [-0.2, -0.15) is 0 Å². The summed E-state index contributed by atoms with van der Waals surface area (Å²) < 4.78 is 0. The van der Waals surface area contributed by atoms with E-state index >= 15 is 0 Å². The Balaban J connectivity index is 2.19. The van der Waals surface area contributed by atoms with Gasteiger partial charge in [0.15, 0.2) is 0 Å². The summed E-state index contributed by atoms with van der Waals surface area (Å²) in [6.07, 6.45) is 0. The Labute approximate surface area is 34.9 Å². The first kappa shape index (κ1) is 5.84. The first-order chi connectivity index (χ1) is 2.41. The van der Waals surface area contributed by atoms with Gasteiger partial charge in [-0.1, -0.05) is 0 Å². The molecule has 0 aromatic rings. The zero-order chi connectivity index (χ0) is 4.12. The van der Waals surface area contributed by atoms with Crippen molar-refractivity contribution in [3.05, 3.63) is 0 Å². The second-order valence-electron chi connectivity index (χ2n) is 0.493. The Bertz CT molecular complexity index is 15.1. The fourth-order valence-electron chi connectivity index (χ4n) is 0.0354. The molecule has 0 heterocycles. The quantitative estimate of drug-likeness (QED) is 0.368. The van der Waals surface area contributed by atoms with E-state index in [9.17, 15) is 0 Å². The fraction of sp³-hybridized carbons (Fsp3) is 0. The van der Waals surface area contributed by atoms with Gasteiger partial charge in [-0.05, 0) is 17.4 Å². The molecule has 0 aliphatic carbocycles. The molecule has 0 spiro atoms. The number of hydrogen-bond acceptors (Lipinski definition) is 2. The predicted molar refractivity (Wildman–Crippen MR) is 28.2 cm³/mol. The van der Waals surface area contributed by atoms with Crippen molar-refractivity contribution in [1.82, 2.24) is 0 Å². The summed E-state index contributed by atoms with van der Waals surface area (Å²) in [6, 6.07) is 0. The lowest BCUT2D eigenvalue weighted by Gasteiger charge is -1.76. The highest BCUT2D eigenvalue weighted by Crippen LogP contribution is 2.09. The third-order valence-corrected chi connectivity index (χ3v) is 1.42. The zero-order valence-electron chi connectivity index (χ0n) is 2.60. The molecule has 0 aromatic carbocycles. The van der Waals surface area contributed by atoms with Gasteiger partial charge in [0.1, 0.15) is 0 Å². The van der Waals surface area contributed by atoms with Crippen LogP contribution in [-0.2, 0) is 0 Å². The van der Waals surface area contributed by atoms with E-state index < -0.39 is 0 Å². The van der Waals surface area contributed by atoms with Gasteiger partial charge in [0.25, 0.3) is 0 Å². The summed E-state index contributed by atoms with van der Waals surface area (Å²) in [6.45, 7) is 0.556. The third kappa shape index (κ3) is 4.84. The van der Waals surface area contributed by atoms with Crippen molar-refractivity contribution in [3.8, 4) is 0 Å². The lowest BCUT2D eigenvalue weighted by atomic mass is 10.7. The monoisotopic (exact) mass is 110 g/mol. The van der Waals surface area contributed by atoms with Crippen molar-refractivity contribution in [2.75, 3.05) is 0 Å². The predicted octanol–water partition coefficient (Wildman–Crippen LogP) is -0.576. The van der Waals surface area contributed by atoms with Crippen LogP contribution in [0.15, 0.2) is 0 Å². The van der Waals surface area contributed by atoms with Crippen LogP contribution in [0.3, 0.4) is 0 Å². The Morgan fingerprint density at radius 2 is 1.60 bits per heavy atom. The number of hydrogen-bond donors (Lipinski definition) is 2. The normalized spacial score (nSPS) is 12.4. The Morgan fingerprint density at radius 1 is 1.20 bits per heavy atom. The van der Waals surface area contributed by atoms with E-state index in [1.165, 1.54) is 0 Å². The molecule has 30 valence electrons. The SMILES string of the molecule is OPBPO.